The number of nitrogens with zero attached hydrogens (tertiary/aromatic N) is 3. The number of hydrogen-bond donors (Lipinski definition) is 0. The SMILES string of the molecule is CC(C)(C)c1cccc(OCC(=O)N2CCN(c3ccc(C(F)(F)F)cn3)CC2)c1. The quantitative estimate of drug-likeness (QED) is 0.745. The third-order valence-corrected chi connectivity index (χ3v) is 5.09. The van der Waals surface area contributed by atoms with E-state index in [2.05, 4.69) is 25.8 Å². The van der Waals surface area contributed by atoms with Crippen molar-refractivity contribution < 1.29 is 22.7 Å². The summed E-state index contributed by atoms with van der Waals surface area (Å²) < 4.78 is 43.7. The van der Waals surface area contributed by atoms with Gasteiger partial charge in [0.1, 0.15) is 11.6 Å². The lowest BCUT2D eigenvalue weighted by Crippen LogP contribution is -2.50. The van der Waals surface area contributed by atoms with Crippen molar-refractivity contribution in [2.24, 2.45) is 0 Å². The first-order chi connectivity index (χ1) is 14.0. The van der Waals surface area contributed by atoms with Crippen LogP contribution >= 0.6 is 0 Å². The highest BCUT2D eigenvalue weighted by Gasteiger charge is 2.31. The van der Waals surface area contributed by atoms with E-state index >= 15 is 0 Å². The molecule has 2 heterocycles. The molecule has 30 heavy (non-hydrogen) atoms. The van der Waals surface area contributed by atoms with Gasteiger partial charge < -0.3 is 14.5 Å². The molecule has 0 atom stereocenters. The molecule has 1 aromatic carbocycles. The number of aromatic nitrogens is 1. The van der Waals surface area contributed by atoms with E-state index in [-0.39, 0.29) is 17.9 Å². The monoisotopic (exact) mass is 421 g/mol. The summed E-state index contributed by atoms with van der Waals surface area (Å²) >= 11 is 0. The molecule has 0 saturated carbocycles. The number of benzene rings is 1. The largest absolute Gasteiger partial charge is 0.484 e. The lowest BCUT2D eigenvalue weighted by molar-refractivity contribution is -0.138. The molecule has 1 fully saturated rings. The van der Waals surface area contributed by atoms with Crippen LogP contribution < -0.4 is 9.64 Å². The average Bonchev–Trinajstić information content (AvgIpc) is 2.71. The highest BCUT2D eigenvalue weighted by atomic mass is 19.4. The van der Waals surface area contributed by atoms with Crippen molar-refractivity contribution >= 4 is 11.7 Å². The maximum absolute atomic E-state index is 12.7. The number of carbonyl (C=O) groups excluding carboxylic acids is 1. The van der Waals surface area contributed by atoms with Gasteiger partial charge in [0.25, 0.3) is 5.91 Å². The van der Waals surface area contributed by atoms with Crippen LogP contribution in [0.4, 0.5) is 19.0 Å². The van der Waals surface area contributed by atoms with E-state index in [1.54, 1.807) is 4.90 Å². The molecule has 0 unspecified atom stereocenters. The summed E-state index contributed by atoms with van der Waals surface area (Å²) in [6.07, 6.45) is -3.56. The Morgan fingerprint density at radius 2 is 1.73 bits per heavy atom. The normalized spacial score (nSPS) is 15.3. The summed E-state index contributed by atoms with van der Waals surface area (Å²) in [5.74, 6) is 1.02. The van der Waals surface area contributed by atoms with E-state index in [1.165, 1.54) is 6.07 Å². The average molecular weight is 421 g/mol. The molecule has 1 aliphatic rings. The van der Waals surface area contributed by atoms with Gasteiger partial charge in [-0.05, 0) is 35.2 Å². The van der Waals surface area contributed by atoms with Crippen molar-refractivity contribution in [1.82, 2.24) is 9.88 Å². The van der Waals surface area contributed by atoms with Gasteiger partial charge in [-0.25, -0.2) is 4.98 Å². The van der Waals surface area contributed by atoms with E-state index in [9.17, 15) is 18.0 Å². The van der Waals surface area contributed by atoms with Gasteiger partial charge in [-0.2, -0.15) is 13.2 Å². The Kier molecular flexibility index (Phi) is 6.24. The van der Waals surface area contributed by atoms with Crippen LogP contribution in [0.1, 0.15) is 31.9 Å². The van der Waals surface area contributed by atoms with Crippen LogP contribution in [0.25, 0.3) is 0 Å². The topological polar surface area (TPSA) is 45.7 Å². The number of ether oxygens (including phenoxy) is 1. The van der Waals surface area contributed by atoms with Crippen LogP contribution in [-0.4, -0.2) is 48.6 Å². The minimum atomic E-state index is -4.40. The molecule has 0 aliphatic carbocycles. The van der Waals surface area contributed by atoms with Crippen LogP contribution in [-0.2, 0) is 16.4 Å². The molecule has 1 aliphatic heterocycles. The Morgan fingerprint density at radius 1 is 1.03 bits per heavy atom. The Bertz CT molecular complexity index is 868. The Hall–Kier alpha value is -2.77. The lowest BCUT2D eigenvalue weighted by atomic mass is 9.87. The van der Waals surface area contributed by atoms with Crippen LogP contribution in [0, 0.1) is 0 Å². The number of halogens is 3. The van der Waals surface area contributed by atoms with E-state index in [1.807, 2.05) is 29.2 Å². The fourth-order valence-corrected chi connectivity index (χ4v) is 3.21. The predicted molar refractivity (Wildman–Crippen MR) is 109 cm³/mol. The molecule has 0 N–H and O–H groups in total. The van der Waals surface area contributed by atoms with E-state index in [0.29, 0.717) is 37.7 Å². The molecule has 5 nitrogen and oxygen atoms in total. The molecule has 1 aromatic heterocycles. The molecule has 0 spiro atoms. The van der Waals surface area contributed by atoms with Crippen LogP contribution in [0.2, 0.25) is 0 Å². The number of alkyl halides is 3. The van der Waals surface area contributed by atoms with Gasteiger partial charge in [-0.1, -0.05) is 32.9 Å². The zero-order valence-corrected chi connectivity index (χ0v) is 17.4. The smallest absolute Gasteiger partial charge is 0.417 e. The van der Waals surface area contributed by atoms with E-state index in [0.717, 1.165) is 17.8 Å². The molecular formula is C22H26F3N3O2. The van der Waals surface area contributed by atoms with Crippen molar-refractivity contribution in [2.45, 2.75) is 32.4 Å². The molecule has 1 amide bonds. The van der Waals surface area contributed by atoms with Crippen LogP contribution in [0.3, 0.4) is 0 Å². The van der Waals surface area contributed by atoms with Gasteiger partial charge in [0, 0.05) is 32.4 Å². The van der Waals surface area contributed by atoms with Crippen molar-refractivity contribution in [2.75, 3.05) is 37.7 Å². The zero-order valence-electron chi connectivity index (χ0n) is 17.4. The summed E-state index contributed by atoms with van der Waals surface area (Å²) in [6.45, 7) is 8.23. The van der Waals surface area contributed by atoms with Crippen molar-refractivity contribution in [1.29, 1.82) is 0 Å². The van der Waals surface area contributed by atoms with Gasteiger partial charge >= 0.3 is 6.18 Å². The maximum Gasteiger partial charge on any atom is 0.417 e. The summed E-state index contributed by atoms with van der Waals surface area (Å²) in [5.41, 5.74) is 0.351. The first-order valence-electron chi connectivity index (χ1n) is 9.83. The van der Waals surface area contributed by atoms with Crippen molar-refractivity contribution in [3.05, 3.63) is 53.7 Å². The second-order valence-corrected chi connectivity index (χ2v) is 8.34. The fourth-order valence-electron chi connectivity index (χ4n) is 3.21. The molecule has 0 radical (unpaired) electrons. The minimum Gasteiger partial charge on any atom is -0.484 e. The number of rotatable bonds is 4. The second kappa shape index (κ2) is 8.53. The predicted octanol–water partition coefficient (Wildman–Crippen LogP) is 4.13. The Labute approximate surface area is 174 Å². The molecule has 162 valence electrons. The number of carbonyl (C=O) groups is 1. The van der Waals surface area contributed by atoms with Crippen LogP contribution in [0.15, 0.2) is 42.6 Å². The van der Waals surface area contributed by atoms with Crippen molar-refractivity contribution in [3.8, 4) is 5.75 Å². The molecular weight excluding hydrogens is 395 g/mol. The Morgan fingerprint density at radius 3 is 2.30 bits per heavy atom. The molecule has 8 heteroatoms. The highest BCUT2D eigenvalue weighted by Crippen LogP contribution is 2.29. The standard InChI is InChI=1S/C22H26F3N3O2/c1-21(2,3)16-5-4-6-18(13-16)30-15-20(29)28-11-9-27(10-12-28)19-8-7-17(14-26-19)22(23,24)25/h4-8,13-14H,9-12,15H2,1-3H3. The summed E-state index contributed by atoms with van der Waals surface area (Å²) in [4.78, 5) is 20.0. The number of anilines is 1. The third-order valence-electron chi connectivity index (χ3n) is 5.09. The zero-order chi connectivity index (χ0) is 21.9. The number of amides is 1. The Balaban J connectivity index is 1.51. The second-order valence-electron chi connectivity index (χ2n) is 8.34. The summed E-state index contributed by atoms with van der Waals surface area (Å²) in [7, 11) is 0. The van der Waals surface area contributed by atoms with Gasteiger partial charge in [0.2, 0.25) is 0 Å². The number of piperazine rings is 1. The van der Waals surface area contributed by atoms with Gasteiger partial charge in [0.05, 0.1) is 5.56 Å². The highest BCUT2D eigenvalue weighted by molar-refractivity contribution is 5.78. The molecule has 2 aromatic rings. The molecule has 1 saturated heterocycles. The molecule has 3 rings (SSSR count). The first-order valence-corrected chi connectivity index (χ1v) is 9.83. The van der Waals surface area contributed by atoms with Gasteiger partial charge in [-0.3, -0.25) is 4.79 Å². The lowest BCUT2D eigenvalue weighted by Gasteiger charge is -2.35. The summed E-state index contributed by atoms with van der Waals surface area (Å²) in [5, 5.41) is 0. The maximum atomic E-state index is 12.7. The van der Waals surface area contributed by atoms with E-state index in [4.69, 9.17) is 4.74 Å². The van der Waals surface area contributed by atoms with Crippen LogP contribution in [0.5, 0.6) is 5.75 Å². The number of pyridine rings is 1. The third kappa shape index (κ3) is 5.43. The molecule has 0 bridgehead atoms. The van der Waals surface area contributed by atoms with Gasteiger partial charge in [0.15, 0.2) is 6.61 Å². The van der Waals surface area contributed by atoms with Crippen molar-refractivity contribution in [3.63, 3.8) is 0 Å². The van der Waals surface area contributed by atoms with Gasteiger partial charge in [-0.15, -0.1) is 0 Å². The fraction of sp³-hybridized carbons (Fsp3) is 0.455. The number of hydrogen-bond acceptors (Lipinski definition) is 4. The van der Waals surface area contributed by atoms with E-state index < -0.39 is 11.7 Å². The minimum absolute atomic E-state index is 0.00789. The first kappa shape index (κ1) is 21.9. The summed E-state index contributed by atoms with van der Waals surface area (Å²) in [6, 6.07) is 10.1.